The number of unbranched alkanes of at least 4 members (excludes halogenated alkanes) is 2. The number of nitrogens with zero attached hydrogens (tertiary/aromatic N) is 3. The molecule has 0 radical (unpaired) electrons. The fraction of sp³-hybridized carbons (Fsp3) is 0.448. The first-order chi connectivity index (χ1) is 17.4. The molecule has 1 saturated heterocycles. The minimum absolute atomic E-state index is 0.119. The largest absolute Gasteiger partial charge is 0.494 e. The van der Waals surface area contributed by atoms with Crippen molar-refractivity contribution in [1.29, 1.82) is 5.26 Å². The molecular weight excluding hydrogens is 472 g/mol. The Kier molecular flexibility index (Phi) is 11.3. The van der Waals surface area contributed by atoms with Crippen molar-refractivity contribution in [2.45, 2.75) is 39.2 Å². The third-order valence-corrected chi connectivity index (χ3v) is 6.45. The van der Waals surface area contributed by atoms with Crippen LogP contribution in [0.4, 0.5) is 0 Å². The fourth-order valence-corrected chi connectivity index (χ4v) is 4.43. The van der Waals surface area contributed by atoms with E-state index in [0.717, 1.165) is 74.4 Å². The number of rotatable bonds is 12. The van der Waals surface area contributed by atoms with Gasteiger partial charge in [0, 0.05) is 43.3 Å². The van der Waals surface area contributed by atoms with E-state index >= 15 is 0 Å². The number of amides is 1. The molecule has 1 aliphatic rings. The summed E-state index contributed by atoms with van der Waals surface area (Å²) in [4.78, 5) is 16.7. The lowest BCUT2D eigenvalue weighted by molar-refractivity contribution is -0.123. The summed E-state index contributed by atoms with van der Waals surface area (Å²) in [7, 11) is 0. The number of nitrogens with one attached hydrogen (secondary N) is 1. The van der Waals surface area contributed by atoms with E-state index in [1.54, 1.807) is 6.08 Å². The first-order valence-electron chi connectivity index (χ1n) is 12.8. The zero-order chi connectivity index (χ0) is 25.8. The Balaban J connectivity index is 1.32. The molecule has 6 nitrogen and oxygen atoms in total. The van der Waals surface area contributed by atoms with Gasteiger partial charge in [-0.15, -0.1) is 0 Å². The minimum atomic E-state index is 0.119. The van der Waals surface area contributed by atoms with Gasteiger partial charge in [-0.25, -0.2) is 0 Å². The number of hydrogen-bond acceptors (Lipinski definition) is 5. The third-order valence-electron chi connectivity index (χ3n) is 6.20. The van der Waals surface area contributed by atoms with Crippen LogP contribution in [-0.4, -0.2) is 67.6 Å². The van der Waals surface area contributed by atoms with Gasteiger partial charge >= 0.3 is 0 Å². The molecule has 0 atom stereocenters. The van der Waals surface area contributed by atoms with Crippen molar-refractivity contribution in [3.63, 3.8) is 0 Å². The van der Waals surface area contributed by atoms with Gasteiger partial charge in [-0.05, 0) is 80.6 Å². The standard InChI is InChI=1S/C29H37ClN4O2/c1-23(2)32-29(35)22-34-19-17-33(18-20-34)16-4-3-5-21-36-27-12-8-25(9-13-27)28(14-15-31)24-6-10-26(30)11-7-24/h6-14,23H,3-5,16-22H2,1-2H3,(H,32,35). The number of carbonyl (C=O) groups is 1. The maximum absolute atomic E-state index is 11.9. The maximum atomic E-state index is 11.9. The molecule has 0 saturated carbocycles. The monoisotopic (exact) mass is 508 g/mol. The molecular formula is C29H37ClN4O2. The fourth-order valence-electron chi connectivity index (χ4n) is 4.30. The topological polar surface area (TPSA) is 68.6 Å². The lowest BCUT2D eigenvalue weighted by atomic mass is 9.98. The third kappa shape index (κ3) is 9.31. The van der Waals surface area contributed by atoms with Crippen LogP contribution in [0.15, 0.2) is 54.6 Å². The molecule has 0 spiro atoms. The number of allylic oxidation sites excluding steroid dienone is 1. The molecule has 1 aliphatic heterocycles. The van der Waals surface area contributed by atoms with Gasteiger partial charge in [0.15, 0.2) is 0 Å². The molecule has 3 rings (SSSR count). The second-order valence-corrected chi connectivity index (χ2v) is 9.90. The van der Waals surface area contributed by atoms with Crippen LogP contribution in [0.1, 0.15) is 44.2 Å². The predicted molar refractivity (Wildman–Crippen MR) is 146 cm³/mol. The second-order valence-electron chi connectivity index (χ2n) is 9.47. The van der Waals surface area contributed by atoms with Crippen LogP contribution in [0.2, 0.25) is 5.02 Å². The molecule has 36 heavy (non-hydrogen) atoms. The van der Waals surface area contributed by atoms with Gasteiger partial charge in [0.1, 0.15) is 5.75 Å². The number of benzene rings is 2. The number of carbonyl (C=O) groups excluding carboxylic acids is 1. The van der Waals surface area contributed by atoms with Crippen molar-refractivity contribution < 1.29 is 9.53 Å². The Morgan fingerprint density at radius 1 is 1.00 bits per heavy atom. The smallest absolute Gasteiger partial charge is 0.234 e. The van der Waals surface area contributed by atoms with Gasteiger partial charge in [0.05, 0.1) is 19.2 Å². The maximum Gasteiger partial charge on any atom is 0.234 e. The van der Waals surface area contributed by atoms with Crippen molar-refractivity contribution in [2.75, 3.05) is 45.9 Å². The molecule has 0 aliphatic carbocycles. The number of halogens is 1. The molecule has 0 unspecified atom stereocenters. The average molecular weight is 509 g/mol. The van der Waals surface area contributed by atoms with Gasteiger partial charge in [-0.1, -0.05) is 35.9 Å². The number of hydrogen-bond donors (Lipinski definition) is 1. The van der Waals surface area contributed by atoms with Crippen LogP contribution >= 0.6 is 11.6 Å². The lowest BCUT2D eigenvalue weighted by Gasteiger charge is -2.34. The van der Waals surface area contributed by atoms with E-state index in [0.29, 0.717) is 18.2 Å². The summed E-state index contributed by atoms with van der Waals surface area (Å²) in [6.45, 7) is 10.2. The molecule has 1 amide bonds. The van der Waals surface area contributed by atoms with E-state index < -0.39 is 0 Å². The van der Waals surface area contributed by atoms with Gasteiger partial charge in [0.2, 0.25) is 5.91 Å². The van der Waals surface area contributed by atoms with Crippen LogP contribution in [-0.2, 0) is 4.79 Å². The number of nitriles is 1. The molecule has 2 aromatic carbocycles. The molecule has 1 fully saturated rings. The zero-order valence-corrected chi connectivity index (χ0v) is 22.1. The first-order valence-corrected chi connectivity index (χ1v) is 13.2. The number of piperazine rings is 1. The van der Waals surface area contributed by atoms with E-state index in [4.69, 9.17) is 16.3 Å². The van der Waals surface area contributed by atoms with E-state index in [1.165, 1.54) is 0 Å². The summed E-state index contributed by atoms with van der Waals surface area (Å²) in [6, 6.07) is 17.7. The van der Waals surface area contributed by atoms with Gasteiger partial charge < -0.3 is 15.0 Å². The Morgan fingerprint density at radius 3 is 2.22 bits per heavy atom. The molecule has 1 heterocycles. The lowest BCUT2D eigenvalue weighted by Crippen LogP contribution is -2.50. The first kappa shape index (κ1) is 27.7. The normalized spacial score (nSPS) is 15.0. The minimum Gasteiger partial charge on any atom is -0.494 e. The second kappa shape index (κ2) is 14.6. The molecule has 1 N–H and O–H groups in total. The van der Waals surface area contributed by atoms with Gasteiger partial charge in [-0.3, -0.25) is 9.69 Å². The quantitative estimate of drug-likeness (QED) is 0.323. The van der Waals surface area contributed by atoms with Crippen molar-refractivity contribution >= 4 is 23.1 Å². The Morgan fingerprint density at radius 2 is 1.61 bits per heavy atom. The van der Waals surface area contributed by atoms with Crippen LogP contribution in [0.3, 0.4) is 0 Å². The highest BCUT2D eigenvalue weighted by Gasteiger charge is 2.18. The number of ether oxygens (including phenoxy) is 1. The highest BCUT2D eigenvalue weighted by atomic mass is 35.5. The molecule has 192 valence electrons. The van der Waals surface area contributed by atoms with Crippen molar-refractivity contribution in [3.8, 4) is 11.8 Å². The summed E-state index contributed by atoms with van der Waals surface area (Å²) >= 11 is 6.00. The van der Waals surface area contributed by atoms with Crippen LogP contribution in [0.5, 0.6) is 5.75 Å². The highest BCUT2D eigenvalue weighted by molar-refractivity contribution is 6.30. The van der Waals surface area contributed by atoms with E-state index in [1.807, 2.05) is 62.4 Å². The van der Waals surface area contributed by atoms with E-state index in [-0.39, 0.29) is 11.9 Å². The van der Waals surface area contributed by atoms with E-state index in [9.17, 15) is 10.1 Å². The van der Waals surface area contributed by atoms with Crippen LogP contribution < -0.4 is 10.1 Å². The van der Waals surface area contributed by atoms with Gasteiger partial charge in [-0.2, -0.15) is 5.26 Å². The zero-order valence-electron chi connectivity index (χ0n) is 21.4. The van der Waals surface area contributed by atoms with Crippen molar-refractivity contribution in [3.05, 3.63) is 70.8 Å². The summed E-state index contributed by atoms with van der Waals surface area (Å²) < 4.78 is 5.93. The molecule has 7 heteroatoms. The summed E-state index contributed by atoms with van der Waals surface area (Å²) in [5, 5.41) is 12.8. The van der Waals surface area contributed by atoms with Gasteiger partial charge in [0.25, 0.3) is 0 Å². The summed E-state index contributed by atoms with van der Waals surface area (Å²) in [6.07, 6.45) is 4.85. The Hall–Kier alpha value is -2.85. The predicted octanol–water partition coefficient (Wildman–Crippen LogP) is 4.99. The molecule has 0 aromatic heterocycles. The molecule has 0 bridgehead atoms. The molecule has 2 aromatic rings. The van der Waals surface area contributed by atoms with Crippen molar-refractivity contribution in [2.24, 2.45) is 0 Å². The Labute approximate surface area is 220 Å². The van der Waals surface area contributed by atoms with Crippen molar-refractivity contribution in [1.82, 2.24) is 15.1 Å². The van der Waals surface area contributed by atoms with E-state index in [2.05, 4.69) is 21.2 Å². The van der Waals surface area contributed by atoms with Crippen LogP contribution in [0.25, 0.3) is 5.57 Å². The average Bonchev–Trinajstić information content (AvgIpc) is 2.86. The summed E-state index contributed by atoms with van der Waals surface area (Å²) in [5.74, 6) is 0.956. The summed E-state index contributed by atoms with van der Waals surface area (Å²) in [5.41, 5.74) is 2.78. The highest BCUT2D eigenvalue weighted by Crippen LogP contribution is 2.26. The van der Waals surface area contributed by atoms with Crippen LogP contribution in [0, 0.1) is 11.3 Å². The Bertz CT molecular complexity index is 1020. The SMILES string of the molecule is CC(C)NC(=O)CN1CCN(CCCCCOc2ccc(C(=CC#N)c3ccc(Cl)cc3)cc2)CC1.